The Morgan fingerprint density at radius 2 is 1.90 bits per heavy atom. The Balaban J connectivity index is 1.87. The molecule has 1 aliphatic carbocycles. The number of likely N-dealkylation sites (N-methyl/N-ethyl adjacent to an activating group) is 1. The highest BCUT2D eigenvalue weighted by molar-refractivity contribution is 5.41. The lowest BCUT2D eigenvalue weighted by molar-refractivity contribution is 0.167. The molecule has 0 radical (unpaired) electrons. The van der Waals surface area contributed by atoms with Crippen molar-refractivity contribution >= 4 is 0 Å². The van der Waals surface area contributed by atoms with Crippen LogP contribution < -0.4 is 10.1 Å². The molecule has 0 amide bonds. The molecule has 0 spiro atoms. The molecule has 0 aliphatic heterocycles. The van der Waals surface area contributed by atoms with Crippen LogP contribution in [-0.2, 0) is 6.42 Å². The van der Waals surface area contributed by atoms with Crippen LogP contribution in [0.1, 0.15) is 35.2 Å². The molecule has 3 rings (SSSR count). The summed E-state index contributed by atoms with van der Waals surface area (Å²) in [5, 5.41) is 3.58. The van der Waals surface area contributed by atoms with Crippen molar-refractivity contribution in [3.63, 3.8) is 0 Å². The lowest BCUT2D eigenvalue weighted by Crippen LogP contribution is -2.33. The van der Waals surface area contributed by atoms with Crippen LogP contribution in [0, 0.1) is 13.8 Å². The van der Waals surface area contributed by atoms with Gasteiger partial charge in [0.25, 0.3) is 0 Å². The summed E-state index contributed by atoms with van der Waals surface area (Å²) in [4.78, 5) is 0. The number of benzene rings is 2. The van der Waals surface area contributed by atoms with Gasteiger partial charge in [-0.3, -0.25) is 0 Å². The number of fused-ring (bicyclic) bond motifs is 1. The van der Waals surface area contributed by atoms with Crippen LogP contribution in [0.2, 0.25) is 0 Å². The van der Waals surface area contributed by atoms with Gasteiger partial charge >= 0.3 is 0 Å². The van der Waals surface area contributed by atoms with Crippen LogP contribution in [0.25, 0.3) is 0 Å². The van der Waals surface area contributed by atoms with E-state index in [4.69, 9.17) is 4.74 Å². The number of hydrogen-bond acceptors (Lipinski definition) is 2. The average molecular weight is 281 g/mol. The number of aryl methyl sites for hydroxylation is 1. The molecule has 0 fully saturated rings. The van der Waals surface area contributed by atoms with Gasteiger partial charge in [0, 0.05) is 6.42 Å². The lowest BCUT2D eigenvalue weighted by Gasteiger charge is -2.24. The summed E-state index contributed by atoms with van der Waals surface area (Å²) in [7, 11) is 0. The van der Waals surface area contributed by atoms with Crippen LogP contribution in [0.3, 0.4) is 0 Å². The molecular weight excluding hydrogens is 258 g/mol. The maximum atomic E-state index is 6.37. The molecule has 2 aromatic carbocycles. The molecule has 0 bridgehead atoms. The van der Waals surface area contributed by atoms with E-state index in [0.717, 1.165) is 18.7 Å². The first-order valence-electron chi connectivity index (χ1n) is 7.74. The monoisotopic (exact) mass is 281 g/mol. The molecule has 1 N–H and O–H groups in total. The van der Waals surface area contributed by atoms with Gasteiger partial charge in [0.1, 0.15) is 11.9 Å². The largest absolute Gasteiger partial charge is 0.488 e. The van der Waals surface area contributed by atoms with Crippen molar-refractivity contribution in [3.05, 3.63) is 64.7 Å². The van der Waals surface area contributed by atoms with Gasteiger partial charge in [0.2, 0.25) is 0 Å². The molecule has 0 heterocycles. The van der Waals surface area contributed by atoms with Crippen molar-refractivity contribution < 1.29 is 4.74 Å². The zero-order chi connectivity index (χ0) is 14.8. The number of rotatable bonds is 4. The second kappa shape index (κ2) is 5.90. The third kappa shape index (κ3) is 2.68. The van der Waals surface area contributed by atoms with Crippen LogP contribution in [0.5, 0.6) is 5.75 Å². The zero-order valence-corrected chi connectivity index (χ0v) is 13.0. The maximum absolute atomic E-state index is 6.37. The van der Waals surface area contributed by atoms with E-state index in [1.165, 1.54) is 22.3 Å². The van der Waals surface area contributed by atoms with E-state index in [2.05, 4.69) is 68.6 Å². The van der Waals surface area contributed by atoms with Crippen molar-refractivity contribution in [2.24, 2.45) is 0 Å². The summed E-state index contributed by atoms with van der Waals surface area (Å²) in [6, 6.07) is 15.2. The van der Waals surface area contributed by atoms with E-state index in [1.807, 2.05) is 0 Å². The minimum atomic E-state index is 0.169. The van der Waals surface area contributed by atoms with E-state index in [-0.39, 0.29) is 12.1 Å². The highest BCUT2D eigenvalue weighted by atomic mass is 16.5. The number of ether oxygens (including phenoxy) is 1. The summed E-state index contributed by atoms with van der Waals surface area (Å²) in [6.45, 7) is 7.37. The van der Waals surface area contributed by atoms with Gasteiger partial charge in [-0.25, -0.2) is 0 Å². The predicted octanol–water partition coefficient (Wildman–Crippen LogP) is 3.96. The van der Waals surface area contributed by atoms with Crippen LogP contribution in [0.4, 0.5) is 0 Å². The second-order valence-corrected chi connectivity index (χ2v) is 5.79. The summed E-state index contributed by atoms with van der Waals surface area (Å²) in [5.74, 6) is 1.01. The molecule has 21 heavy (non-hydrogen) atoms. The first-order chi connectivity index (χ1) is 10.2. The standard InChI is InChI=1S/C19H23NO/c1-4-20-19-16-10-6-5-9-15(16)12-18(19)21-17-11-7-8-13(2)14(17)3/h5-11,18-20H,4,12H2,1-3H3. The van der Waals surface area contributed by atoms with Gasteiger partial charge in [-0.05, 0) is 48.7 Å². The van der Waals surface area contributed by atoms with Gasteiger partial charge in [0.05, 0.1) is 6.04 Å². The van der Waals surface area contributed by atoms with Crippen molar-refractivity contribution in [3.8, 4) is 5.75 Å². The Hall–Kier alpha value is -1.80. The topological polar surface area (TPSA) is 21.3 Å². The van der Waals surface area contributed by atoms with E-state index < -0.39 is 0 Å². The van der Waals surface area contributed by atoms with Crippen molar-refractivity contribution in [1.29, 1.82) is 0 Å². The first-order valence-corrected chi connectivity index (χ1v) is 7.74. The number of nitrogens with one attached hydrogen (secondary N) is 1. The minimum Gasteiger partial charge on any atom is -0.488 e. The molecule has 2 atom stereocenters. The fourth-order valence-electron chi connectivity index (χ4n) is 3.14. The first kappa shape index (κ1) is 14.2. The molecule has 2 unspecified atom stereocenters. The summed E-state index contributed by atoms with van der Waals surface area (Å²) in [5.41, 5.74) is 5.31. The van der Waals surface area contributed by atoms with E-state index in [0.29, 0.717) is 0 Å². The summed E-state index contributed by atoms with van der Waals surface area (Å²) in [6.07, 6.45) is 1.14. The van der Waals surface area contributed by atoms with Crippen LogP contribution in [-0.4, -0.2) is 12.6 Å². The smallest absolute Gasteiger partial charge is 0.123 e. The third-order valence-corrected chi connectivity index (χ3v) is 4.44. The molecule has 2 nitrogen and oxygen atoms in total. The highest BCUT2D eigenvalue weighted by Gasteiger charge is 2.33. The van der Waals surface area contributed by atoms with Crippen molar-refractivity contribution in [2.45, 2.75) is 39.3 Å². The fourth-order valence-corrected chi connectivity index (χ4v) is 3.14. The van der Waals surface area contributed by atoms with Gasteiger partial charge in [-0.1, -0.05) is 43.3 Å². The maximum Gasteiger partial charge on any atom is 0.123 e. The van der Waals surface area contributed by atoms with E-state index in [9.17, 15) is 0 Å². The minimum absolute atomic E-state index is 0.169. The molecule has 0 saturated carbocycles. The lowest BCUT2D eigenvalue weighted by atomic mass is 10.1. The third-order valence-electron chi connectivity index (χ3n) is 4.44. The summed E-state index contributed by atoms with van der Waals surface area (Å²) >= 11 is 0. The Kier molecular flexibility index (Phi) is 3.98. The molecule has 110 valence electrons. The Morgan fingerprint density at radius 1 is 1.10 bits per heavy atom. The van der Waals surface area contributed by atoms with Gasteiger partial charge in [-0.2, -0.15) is 0 Å². The number of hydrogen-bond donors (Lipinski definition) is 1. The molecular formula is C19H23NO. The molecule has 2 aromatic rings. The van der Waals surface area contributed by atoms with Gasteiger partial charge < -0.3 is 10.1 Å². The van der Waals surface area contributed by atoms with Crippen LogP contribution in [0.15, 0.2) is 42.5 Å². The van der Waals surface area contributed by atoms with Crippen molar-refractivity contribution in [1.82, 2.24) is 5.32 Å². The van der Waals surface area contributed by atoms with Crippen molar-refractivity contribution in [2.75, 3.05) is 6.54 Å². The summed E-state index contributed by atoms with van der Waals surface area (Å²) < 4.78 is 6.37. The highest BCUT2D eigenvalue weighted by Crippen LogP contribution is 2.35. The quantitative estimate of drug-likeness (QED) is 0.916. The predicted molar refractivity (Wildman–Crippen MR) is 86.9 cm³/mol. The Morgan fingerprint density at radius 3 is 2.71 bits per heavy atom. The Labute approximate surface area is 127 Å². The Bertz CT molecular complexity index is 635. The SMILES string of the molecule is CCNC1c2ccccc2CC1Oc1cccc(C)c1C. The zero-order valence-electron chi connectivity index (χ0n) is 13.0. The van der Waals surface area contributed by atoms with E-state index in [1.54, 1.807) is 0 Å². The van der Waals surface area contributed by atoms with Gasteiger partial charge in [0.15, 0.2) is 0 Å². The normalized spacial score (nSPS) is 20.3. The second-order valence-electron chi connectivity index (χ2n) is 5.79. The van der Waals surface area contributed by atoms with E-state index >= 15 is 0 Å². The molecule has 2 heteroatoms. The molecule has 0 aromatic heterocycles. The average Bonchev–Trinajstić information content (AvgIpc) is 2.82. The van der Waals surface area contributed by atoms with Crippen LogP contribution >= 0.6 is 0 Å². The fraction of sp³-hybridized carbons (Fsp3) is 0.368. The molecule has 1 aliphatic rings. The van der Waals surface area contributed by atoms with Gasteiger partial charge in [-0.15, -0.1) is 0 Å². The molecule has 0 saturated heterocycles.